The van der Waals surface area contributed by atoms with E-state index in [0.29, 0.717) is 5.41 Å². The van der Waals surface area contributed by atoms with Crippen LogP contribution in [0.1, 0.15) is 43.3 Å². The van der Waals surface area contributed by atoms with Gasteiger partial charge in [0.25, 0.3) is 5.91 Å². The summed E-state index contributed by atoms with van der Waals surface area (Å²) in [4.78, 5) is 12.3. The molecule has 0 radical (unpaired) electrons. The first-order valence-corrected chi connectivity index (χ1v) is 6.19. The number of nitrogens with one attached hydrogen (secondary N) is 1. The van der Waals surface area contributed by atoms with E-state index in [1.54, 1.807) is 0 Å². The Morgan fingerprint density at radius 3 is 2.73 bits per heavy atom. The van der Waals surface area contributed by atoms with E-state index < -0.39 is 0 Å². The molecule has 0 atom stereocenters. The van der Waals surface area contributed by atoms with E-state index >= 15 is 0 Å². The highest BCUT2D eigenvalue weighted by atomic mass is 32.1. The van der Waals surface area contributed by atoms with Gasteiger partial charge in [0.1, 0.15) is 0 Å². The maximum Gasteiger partial charge on any atom is 0.261 e. The number of thiophene rings is 1. The van der Waals surface area contributed by atoms with E-state index in [2.05, 4.69) is 26.1 Å². The summed E-state index contributed by atoms with van der Waals surface area (Å²) in [5, 5.41) is 4.85. The highest BCUT2D eigenvalue weighted by Gasteiger charge is 2.10. The third kappa shape index (κ3) is 4.98. The Labute approximate surface area is 95.7 Å². The molecule has 0 unspecified atom stereocenters. The minimum atomic E-state index is 0.0545. The molecular formula is C12H19NOS. The van der Waals surface area contributed by atoms with Crippen molar-refractivity contribution in [3.05, 3.63) is 22.4 Å². The van der Waals surface area contributed by atoms with Crippen LogP contribution in [0.2, 0.25) is 0 Å². The summed E-state index contributed by atoms with van der Waals surface area (Å²) in [5.41, 5.74) is 0.355. The minimum Gasteiger partial charge on any atom is -0.351 e. The summed E-state index contributed by atoms with van der Waals surface area (Å²) in [5.74, 6) is 0.0545. The van der Waals surface area contributed by atoms with Gasteiger partial charge >= 0.3 is 0 Å². The van der Waals surface area contributed by atoms with Crippen LogP contribution in [0.4, 0.5) is 0 Å². The van der Waals surface area contributed by atoms with Gasteiger partial charge in [-0.25, -0.2) is 0 Å². The molecule has 3 heteroatoms. The summed E-state index contributed by atoms with van der Waals surface area (Å²) in [6.07, 6.45) is 2.18. The van der Waals surface area contributed by atoms with E-state index in [9.17, 15) is 4.79 Å². The number of hydrogen-bond acceptors (Lipinski definition) is 2. The molecule has 2 nitrogen and oxygen atoms in total. The second-order valence-electron chi connectivity index (χ2n) is 4.90. The van der Waals surface area contributed by atoms with Crippen LogP contribution in [0.15, 0.2) is 17.5 Å². The molecule has 0 aliphatic heterocycles. The van der Waals surface area contributed by atoms with Crippen molar-refractivity contribution < 1.29 is 4.79 Å². The number of rotatable bonds is 4. The zero-order valence-corrected chi connectivity index (χ0v) is 10.5. The van der Waals surface area contributed by atoms with Gasteiger partial charge in [0.15, 0.2) is 0 Å². The molecule has 0 saturated heterocycles. The first-order chi connectivity index (χ1) is 6.99. The predicted octanol–water partition coefficient (Wildman–Crippen LogP) is 3.30. The fourth-order valence-corrected chi connectivity index (χ4v) is 1.96. The molecule has 1 amide bonds. The van der Waals surface area contributed by atoms with E-state index in [0.717, 1.165) is 24.3 Å². The molecule has 1 aromatic rings. The summed E-state index contributed by atoms with van der Waals surface area (Å²) in [6, 6.07) is 3.75. The number of amides is 1. The maximum atomic E-state index is 11.5. The predicted molar refractivity (Wildman–Crippen MR) is 65.3 cm³/mol. The van der Waals surface area contributed by atoms with E-state index in [4.69, 9.17) is 0 Å². The molecule has 1 rings (SSSR count). The van der Waals surface area contributed by atoms with E-state index in [1.807, 2.05) is 17.5 Å². The fraction of sp³-hybridized carbons (Fsp3) is 0.583. The van der Waals surface area contributed by atoms with Gasteiger partial charge in [0.05, 0.1) is 4.88 Å². The van der Waals surface area contributed by atoms with E-state index in [1.165, 1.54) is 11.3 Å². The summed E-state index contributed by atoms with van der Waals surface area (Å²) in [6.45, 7) is 7.42. The lowest BCUT2D eigenvalue weighted by Crippen LogP contribution is -2.24. The van der Waals surface area contributed by atoms with Gasteiger partial charge in [-0.3, -0.25) is 4.79 Å². The zero-order chi connectivity index (χ0) is 11.3. The van der Waals surface area contributed by atoms with Gasteiger partial charge in [-0.05, 0) is 29.7 Å². The molecule has 0 bridgehead atoms. The maximum absolute atomic E-state index is 11.5. The highest BCUT2D eigenvalue weighted by Crippen LogP contribution is 2.19. The summed E-state index contributed by atoms with van der Waals surface area (Å²) in [7, 11) is 0. The van der Waals surface area contributed by atoms with Gasteiger partial charge in [-0.15, -0.1) is 11.3 Å². The summed E-state index contributed by atoms with van der Waals surface area (Å²) < 4.78 is 0. The third-order valence-corrected chi connectivity index (χ3v) is 3.00. The molecule has 15 heavy (non-hydrogen) atoms. The second-order valence-corrected chi connectivity index (χ2v) is 5.85. The minimum absolute atomic E-state index is 0.0545. The van der Waals surface area contributed by atoms with Crippen molar-refractivity contribution in [2.75, 3.05) is 6.54 Å². The van der Waals surface area contributed by atoms with Crippen LogP contribution < -0.4 is 5.32 Å². The molecule has 0 aliphatic rings. The Hall–Kier alpha value is -0.830. The van der Waals surface area contributed by atoms with Crippen molar-refractivity contribution in [3.8, 4) is 0 Å². The summed E-state index contributed by atoms with van der Waals surface area (Å²) >= 11 is 1.48. The number of carbonyl (C=O) groups excluding carboxylic acids is 1. The van der Waals surface area contributed by atoms with Crippen molar-refractivity contribution in [1.82, 2.24) is 5.32 Å². The lowest BCUT2D eigenvalue weighted by Gasteiger charge is -2.17. The Kier molecular flexibility index (Phi) is 4.33. The lowest BCUT2D eigenvalue weighted by atomic mass is 9.91. The molecular weight excluding hydrogens is 206 g/mol. The Balaban J connectivity index is 2.19. The first kappa shape index (κ1) is 12.2. The SMILES string of the molecule is CC(C)(C)CCCNC(=O)c1cccs1. The van der Waals surface area contributed by atoms with Crippen LogP contribution in [0.5, 0.6) is 0 Å². The first-order valence-electron chi connectivity index (χ1n) is 5.31. The Morgan fingerprint density at radius 2 is 2.20 bits per heavy atom. The molecule has 1 aromatic heterocycles. The molecule has 0 aliphatic carbocycles. The lowest BCUT2D eigenvalue weighted by molar-refractivity contribution is 0.0955. The van der Waals surface area contributed by atoms with Crippen LogP contribution in [0, 0.1) is 5.41 Å². The quantitative estimate of drug-likeness (QED) is 0.783. The monoisotopic (exact) mass is 225 g/mol. The van der Waals surface area contributed by atoms with Crippen molar-refractivity contribution >= 4 is 17.2 Å². The van der Waals surface area contributed by atoms with Gasteiger partial charge in [0, 0.05) is 6.54 Å². The average molecular weight is 225 g/mol. The van der Waals surface area contributed by atoms with Crippen LogP contribution in [0.25, 0.3) is 0 Å². The zero-order valence-electron chi connectivity index (χ0n) is 9.67. The standard InChI is InChI=1S/C12H19NOS/c1-12(2,3)7-5-8-13-11(14)10-6-4-9-15-10/h4,6,9H,5,7-8H2,1-3H3,(H,13,14). The normalized spacial score (nSPS) is 11.4. The highest BCUT2D eigenvalue weighted by molar-refractivity contribution is 7.12. The van der Waals surface area contributed by atoms with Crippen molar-refractivity contribution in [3.63, 3.8) is 0 Å². The van der Waals surface area contributed by atoms with Crippen molar-refractivity contribution in [2.24, 2.45) is 5.41 Å². The Bertz CT molecular complexity index is 298. The second kappa shape index (κ2) is 5.31. The van der Waals surface area contributed by atoms with Crippen LogP contribution in [-0.2, 0) is 0 Å². The van der Waals surface area contributed by atoms with Crippen LogP contribution in [-0.4, -0.2) is 12.5 Å². The van der Waals surface area contributed by atoms with Gasteiger partial charge in [-0.2, -0.15) is 0 Å². The van der Waals surface area contributed by atoms with Crippen LogP contribution >= 0.6 is 11.3 Å². The Morgan fingerprint density at radius 1 is 1.47 bits per heavy atom. The molecule has 0 saturated carbocycles. The largest absolute Gasteiger partial charge is 0.351 e. The van der Waals surface area contributed by atoms with E-state index in [-0.39, 0.29) is 5.91 Å². The van der Waals surface area contributed by atoms with Gasteiger partial charge in [-0.1, -0.05) is 26.8 Å². The third-order valence-electron chi connectivity index (χ3n) is 2.13. The molecule has 0 spiro atoms. The molecule has 1 N–H and O–H groups in total. The topological polar surface area (TPSA) is 29.1 Å². The van der Waals surface area contributed by atoms with Crippen LogP contribution in [0.3, 0.4) is 0 Å². The van der Waals surface area contributed by atoms with Crippen molar-refractivity contribution in [2.45, 2.75) is 33.6 Å². The number of carbonyl (C=O) groups is 1. The molecule has 84 valence electrons. The fourth-order valence-electron chi connectivity index (χ4n) is 1.32. The number of hydrogen-bond donors (Lipinski definition) is 1. The van der Waals surface area contributed by atoms with Crippen molar-refractivity contribution in [1.29, 1.82) is 0 Å². The van der Waals surface area contributed by atoms with Gasteiger partial charge < -0.3 is 5.32 Å². The average Bonchev–Trinajstić information content (AvgIpc) is 2.63. The molecule has 0 aromatic carbocycles. The molecule has 0 fully saturated rings. The smallest absolute Gasteiger partial charge is 0.261 e. The van der Waals surface area contributed by atoms with Gasteiger partial charge in [0.2, 0.25) is 0 Å². The molecule has 1 heterocycles.